The minimum atomic E-state index is -0.666. The Hall–Kier alpha value is -2.52. The zero-order chi connectivity index (χ0) is 18.4. The van der Waals surface area contributed by atoms with E-state index in [1.807, 2.05) is 0 Å². The van der Waals surface area contributed by atoms with E-state index in [2.05, 4.69) is 0 Å². The Morgan fingerprint density at radius 1 is 1.00 bits per heavy atom. The molecular weight excluding hydrogens is 332 g/mol. The molecule has 25 heavy (non-hydrogen) atoms. The van der Waals surface area contributed by atoms with E-state index in [9.17, 15) is 24.9 Å². The van der Waals surface area contributed by atoms with Crippen LogP contribution in [0.1, 0.15) is 10.4 Å². The Bertz CT molecular complexity index is 604. The zero-order valence-electron chi connectivity index (χ0n) is 14.0. The molecule has 0 aromatic heterocycles. The van der Waals surface area contributed by atoms with Gasteiger partial charge in [0.15, 0.2) is 17.2 Å². The highest BCUT2D eigenvalue weighted by Crippen LogP contribution is 2.35. The minimum Gasteiger partial charge on any atom is -0.504 e. The lowest BCUT2D eigenvalue weighted by molar-refractivity contribution is -0.138. The number of ether oxygens (including phenoxy) is 2. The number of hydrogen-bond donors (Lipinski definition) is 3. The van der Waals surface area contributed by atoms with Crippen molar-refractivity contribution < 1.29 is 34.4 Å². The van der Waals surface area contributed by atoms with E-state index < -0.39 is 23.2 Å². The van der Waals surface area contributed by atoms with Crippen LogP contribution in [0.3, 0.4) is 0 Å². The van der Waals surface area contributed by atoms with Gasteiger partial charge >= 0.3 is 0 Å². The Labute approximate surface area is 145 Å². The topological polar surface area (TPSA) is 120 Å². The number of rotatable bonds is 6. The van der Waals surface area contributed by atoms with Gasteiger partial charge in [-0.15, -0.1) is 0 Å². The molecule has 1 fully saturated rings. The van der Waals surface area contributed by atoms with Gasteiger partial charge in [-0.05, 0) is 12.1 Å². The van der Waals surface area contributed by atoms with Crippen molar-refractivity contribution in [2.45, 2.75) is 0 Å². The number of hydrogen-bond acceptors (Lipinski definition) is 7. The summed E-state index contributed by atoms with van der Waals surface area (Å²) in [4.78, 5) is 27.5. The molecule has 0 saturated carbocycles. The highest BCUT2D eigenvalue weighted by Gasteiger charge is 2.26. The van der Waals surface area contributed by atoms with E-state index in [4.69, 9.17) is 9.47 Å². The summed E-state index contributed by atoms with van der Waals surface area (Å²) in [7, 11) is 1.55. The average Bonchev–Trinajstić information content (AvgIpc) is 2.62. The molecule has 1 aromatic rings. The molecule has 0 radical (unpaired) electrons. The van der Waals surface area contributed by atoms with E-state index in [0.29, 0.717) is 39.4 Å². The Balaban J connectivity index is 1.87. The number of methoxy groups -OCH3 is 1. The van der Waals surface area contributed by atoms with Gasteiger partial charge < -0.3 is 34.6 Å². The van der Waals surface area contributed by atoms with E-state index >= 15 is 0 Å². The van der Waals surface area contributed by atoms with Gasteiger partial charge in [0, 0.05) is 38.9 Å². The van der Waals surface area contributed by atoms with Crippen molar-refractivity contribution in [3.63, 3.8) is 0 Å². The van der Waals surface area contributed by atoms with Gasteiger partial charge in [-0.2, -0.15) is 0 Å². The number of amides is 2. The summed E-state index contributed by atoms with van der Waals surface area (Å²) in [6.45, 7) is 2.12. The molecule has 1 aliphatic rings. The van der Waals surface area contributed by atoms with Gasteiger partial charge in [-0.25, -0.2) is 0 Å². The summed E-state index contributed by atoms with van der Waals surface area (Å²) in [5.41, 5.74) is 0.0653. The van der Waals surface area contributed by atoms with E-state index in [0.717, 1.165) is 12.1 Å². The Morgan fingerprint density at radius 2 is 1.56 bits per heavy atom. The predicted octanol–water partition coefficient (Wildman–Crippen LogP) is -0.249. The lowest BCUT2D eigenvalue weighted by Crippen LogP contribution is -2.51. The van der Waals surface area contributed by atoms with Gasteiger partial charge in [0.2, 0.25) is 5.91 Å². The van der Waals surface area contributed by atoms with Crippen LogP contribution in [0.5, 0.6) is 17.2 Å². The van der Waals surface area contributed by atoms with E-state index in [-0.39, 0.29) is 18.1 Å². The normalized spacial score (nSPS) is 14.6. The standard InChI is InChI=1S/C16H22N2O7/c1-24-6-7-25-10-14(21)17-2-4-18(5-3-17)16(23)11-8-12(19)15(22)13(20)9-11/h8-9,19-20,22H,2-7,10H2,1H3. The lowest BCUT2D eigenvalue weighted by Gasteiger charge is -2.34. The molecule has 1 aromatic carbocycles. The number of nitrogens with zero attached hydrogens (tertiary/aromatic N) is 2. The molecule has 9 nitrogen and oxygen atoms in total. The molecule has 9 heteroatoms. The van der Waals surface area contributed by atoms with E-state index in [1.165, 1.54) is 4.90 Å². The second-order valence-corrected chi connectivity index (χ2v) is 5.58. The van der Waals surface area contributed by atoms with Crippen molar-refractivity contribution in [1.29, 1.82) is 0 Å². The molecule has 0 unspecified atom stereocenters. The Kier molecular flexibility index (Phi) is 6.43. The van der Waals surface area contributed by atoms with Gasteiger partial charge in [-0.3, -0.25) is 9.59 Å². The summed E-state index contributed by atoms with van der Waals surface area (Å²) in [5.74, 6) is -2.34. The fraction of sp³-hybridized carbons (Fsp3) is 0.500. The summed E-state index contributed by atoms with van der Waals surface area (Å²) < 4.78 is 10.0. The molecular formula is C16H22N2O7. The minimum absolute atomic E-state index is 0.0307. The number of carbonyl (C=O) groups is 2. The van der Waals surface area contributed by atoms with Crippen LogP contribution in [0.2, 0.25) is 0 Å². The van der Waals surface area contributed by atoms with Crippen molar-refractivity contribution in [3.8, 4) is 17.2 Å². The molecule has 0 atom stereocenters. The summed E-state index contributed by atoms with van der Waals surface area (Å²) in [6.07, 6.45) is 0. The summed E-state index contributed by atoms with van der Waals surface area (Å²) >= 11 is 0. The maximum atomic E-state index is 12.4. The first-order valence-corrected chi connectivity index (χ1v) is 7.82. The van der Waals surface area contributed by atoms with Gasteiger partial charge in [0.05, 0.1) is 13.2 Å². The number of carbonyl (C=O) groups excluding carboxylic acids is 2. The second kappa shape index (κ2) is 8.54. The highest BCUT2D eigenvalue weighted by atomic mass is 16.5. The van der Waals surface area contributed by atoms with Crippen molar-refractivity contribution in [2.24, 2.45) is 0 Å². The highest BCUT2D eigenvalue weighted by molar-refractivity contribution is 5.95. The number of phenolic OH excluding ortho intramolecular Hbond substituents is 3. The van der Waals surface area contributed by atoms with Crippen molar-refractivity contribution in [2.75, 3.05) is 53.1 Å². The molecule has 1 saturated heterocycles. The number of phenols is 3. The molecule has 0 spiro atoms. The fourth-order valence-corrected chi connectivity index (χ4v) is 2.46. The van der Waals surface area contributed by atoms with Gasteiger partial charge in [-0.1, -0.05) is 0 Å². The third-order valence-corrected chi connectivity index (χ3v) is 3.89. The van der Waals surface area contributed by atoms with Crippen LogP contribution >= 0.6 is 0 Å². The van der Waals surface area contributed by atoms with Crippen LogP contribution in [0.4, 0.5) is 0 Å². The van der Waals surface area contributed by atoms with Crippen LogP contribution in [0.15, 0.2) is 12.1 Å². The van der Waals surface area contributed by atoms with Gasteiger partial charge in [0.1, 0.15) is 6.61 Å². The van der Waals surface area contributed by atoms with Crippen molar-refractivity contribution >= 4 is 11.8 Å². The molecule has 2 rings (SSSR count). The van der Waals surface area contributed by atoms with Crippen LogP contribution in [0.25, 0.3) is 0 Å². The maximum Gasteiger partial charge on any atom is 0.254 e. The number of aromatic hydroxyl groups is 3. The van der Waals surface area contributed by atoms with Crippen molar-refractivity contribution in [1.82, 2.24) is 9.80 Å². The predicted molar refractivity (Wildman–Crippen MR) is 86.6 cm³/mol. The van der Waals surface area contributed by atoms with Crippen LogP contribution < -0.4 is 0 Å². The molecule has 1 aliphatic heterocycles. The quantitative estimate of drug-likeness (QED) is 0.476. The molecule has 138 valence electrons. The van der Waals surface area contributed by atoms with Crippen LogP contribution in [-0.4, -0.2) is 90.0 Å². The first kappa shape index (κ1) is 18.8. The molecule has 2 amide bonds. The first-order valence-electron chi connectivity index (χ1n) is 7.82. The molecule has 0 aliphatic carbocycles. The first-order chi connectivity index (χ1) is 11.9. The Morgan fingerprint density at radius 3 is 2.12 bits per heavy atom. The maximum absolute atomic E-state index is 12.4. The molecule has 0 bridgehead atoms. The van der Waals surface area contributed by atoms with Crippen LogP contribution in [-0.2, 0) is 14.3 Å². The number of benzene rings is 1. The summed E-state index contributed by atoms with van der Waals surface area (Å²) in [5, 5.41) is 28.3. The number of piperazine rings is 1. The SMILES string of the molecule is COCCOCC(=O)N1CCN(C(=O)c2cc(O)c(O)c(O)c2)CC1. The van der Waals surface area contributed by atoms with E-state index in [1.54, 1.807) is 12.0 Å². The lowest BCUT2D eigenvalue weighted by atomic mass is 10.1. The zero-order valence-corrected chi connectivity index (χ0v) is 14.0. The second-order valence-electron chi connectivity index (χ2n) is 5.58. The molecule has 1 heterocycles. The van der Waals surface area contributed by atoms with Gasteiger partial charge in [0.25, 0.3) is 5.91 Å². The fourth-order valence-electron chi connectivity index (χ4n) is 2.46. The average molecular weight is 354 g/mol. The monoisotopic (exact) mass is 354 g/mol. The summed E-state index contributed by atoms with van der Waals surface area (Å²) in [6, 6.07) is 2.19. The smallest absolute Gasteiger partial charge is 0.254 e. The third kappa shape index (κ3) is 4.74. The van der Waals surface area contributed by atoms with Crippen molar-refractivity contribution in [3.05, 3.63) is 17.7 Å². The van der Waals surface area contributed by atoms with Crippen LogP contribution in [0, 0.1) is 0 Å². The molecule has 3 N–H and O–H groups in total. The largest absolute Gasteiger partial charge is 0.504 e. The third-order valence-electron chi connectivity index (χ3n) is 3.89.